The van der Waals surface area contributed by atoms with Crippen LogP contribution in [0.5, 0.6) is 0 Å². The number of likely N-dealkylation sites (tertiary alicyclic amines) is 1. The number of primary amides is 1. The van der Waals surface area contributed by atoms with Crippen molar-refractivity contribution >= 4 is 11.7 Å². The maximum absolute atomic E-state index is 11.8. The second kappa shape index (κ2) is 4.59. The lowest BCUT2D eigenvalue weighted by molar-refractivity contribution is -0.126. The Kier molecular flexibility index (Phi) is 3.01. The molecule has 5 heteroatoms. The first kappa shape index (κ1) is 13.1. The maximum atomic E-state index is 11.8. The van der Waals surface area contributed by atoms with Crippen molar-refractivity contribution in [2.45, 2.75) is 31.3 Å². The number of benzene rings is 1. The summed E-state index contributed by atoms with van der Waals surface area (Å²) < 4.78 is 0. The number of carbonyl (C=O) groups is 1. The fraction of sp³-hybridized carbons (Fsp3) is 0.467. The van der Waals surface area contributed by atoms with E-state index in [4.69, 9.17) is 16.9 Å². The lowest BCUT2D eigenvalue weighted by atomic mass is 10.00. The molecule has 1 aromatic rings. The molecule has 3 rings (SSSR count). The van der Waals surface area contributed by atoms with Gasteiger partial charge in [-0.25, -0.2) is 0 Å². The van der Waals surface area contributed by atoms with Gasteiger partial charge in [0.1, 0.15) is 11.4 Å². The summed E-state index contributed by atoms with van der Waals surface area (Å²) in [5, 5.41) is 7.39. The summed E-state index contributed by atoms with van der Waals surface area (Å²) in [6.07, 6.45) is 3.15. The van der Waals surface area contributed by atoms with Gasteiger partial charge in [-0.1, -0.05) is 24.3 Å². The molecular weight excluding hydrogens is 252 g/mol. The number of piperidine rings is 1. The minimum absolute atomic E-state index is 0.0744. The smallest absolute Gasteiger partial charge is 0.238 e. The molecule has 2 aliphatic rings. The van der Waals surface area contributed by atoms with Gasteiger partial charge in [0.15, 0.2) is 0 Å². The number of nitrogens with zero attached hydrogens (tertiary/aromatic N) is 1. The molecule has 1 aliphatic carbocycles. The largest absolute Gasteiger partial charge is 0.384 e. The number of nitrogen functional groups attached to an aromatic ring is 1. The van der Waals surface area contributed by atoms with E-state index in [1.807, 2.05) is 24.3 Å². The van der Waals surface area contributed by atoms with Crippen molar-refractivity contribution in [3.63, 3.8) is 0 Å². The molecule has 1 amide bonds. The third-order valence-corrected chi connectivity index (χ3v) is 4.68. The van der Waals surface area contributed by atoms with Gasteiger partial charge in [0.05, 0.1) is 0 Å². The van der Waals surface area contributed by atoms with Gasteiger partial charge in [0.25, 0.3) is 0 Å². The van der Waals surface area contributed by atoms with Gasteiger partial charge in [0.2, 0.25) is 5.91 Å². The summed E-state index contributed by atoms with van der Waals surface area (Å²) in [6, 6.07) is 7.64. The van der Waals surface area contributed by atoms with Crippen molar-refractivity contribution in [1.29, 1.82) is 5.41 Å². The van der Waals surface area contributed by atoms with Gasteiger partial charge in [0, 0.05) is 12.1 Å². The average molecular weight is 272 g/mol. The van der Waals surface area contributed by atoms with E-state index < -0.39 is 5.54 Å². The van der Waals surface area contributed by atoms with E-state index in [2.05, 4.69) is 4.90 Å². The first-order chi connectivity index (χ1) is 9.54. The molecule has 1 saturated carbocycles. The van der Waals surface area contributed by atoms with Gasteiger partial charge in [-0.2, -0.15) is 0 Å². The second-order valence-electron chi connectivity index (χ2n) is 5.86. The van der Waals surface area contributed by atoms with Crippen LogP contribution in [-0.2, 0) is 11.3 Å². The predicted octanol–water partition coefficient (Wildman–Crippen LogP) is 0.810. The van der Waals surface area contributed by atoms with Crippen molar-refractivity contribution in [2.75, 3.05) is 6.54 Å². The highest BCUT2D eigenvalue weighted by atomic mass is 16.2. The lowest BCUT2D eigenvalue weighted by Gasteiger charge is -2.34. The van der Waals surface area contributed by atoms with E-state index in [0.717, 1.165) is 43.5 Å². The molecule has 5 nitrogen and oxygen atoms in total. The van der Waals surface area contributed by atoms with E-state index >= 15 is 0 Å². The van der Waals surface area contributed by atoms with Crippen LogP contribution in [0, 0.1) is 11.3 Å². The van der Waals surface area contributed by atoms with Crippen LogP contribution in [0.15, 0.2) is 24.3 Å². The summed E-state index contributed by atoms with van der Waals surface area (Å²) >= 11 is 0. The number of carbonyl (C=O) groups excluding carboxylic acids is 1. The van der Waals surface area contributed by atoms with Crippen LogP contribution in [0.4, 0.5) is 0 Å². The summed E-state index contributed by atoms with van der Waals surface area (Å²) in [7, 11) is 0. The zero-order valence-electron chi connectivity index (χ0n) is 11.4. The highest BCUT2D eigenvalue weighted by Crippen LogP contribution is 2.54. The fourth-order valence-corrected chi connectivity index (χ4v) is 3.46. The molecule has 20 heavy (non-hydrogen) atoms. The molecule has 1 aliphatic heterocycles. The number of rotatable bonds is 4. The van der Waals surface area contributed by atoms with E-state index in [-0.39, 0.29) is 11.7 Å². The first-order valence-electron chi connectivity index (χ1n) is 7.02. The highest BCUT2D eigenvalue weighted by Gasteiger charge is 2.63. The van der Waals surface area contributed by atoms with Crippen molar-refractivity contribution in [2.24, 2.45) is 17.4 Å². The summed E-state index contributed by atoms with van der Waals surface area (Å²) in [5.74, 6) is 0.346. The normalized spacial score (nSPS) is 28.7. The van der Waals surface area contributed by atoms with Crippen LogP contribution in [-0.4, -0.2) is 28.7 Å². The van der Waals surface area contributed by atoms with Crippen molar-refractivity contribution < 1.29 is 4.79 Å². The van der Waals surface area contributed by atoms with Gasteiger partial charge in [-0.05, 0) is 37.3 Å². The standard InChI is InChI=1S/C15H20N4O/c16-13(17)11-5-3-10(4-6-11)9-19-7-1-2-12-8-15(12,19)14(18)20/h3-6,12H,1-2,7-9H2,(H3,16,17)(H2,18,20)/t12-,15+/m1/s1. The van der Waals surface area contributed by atoms with Crippen LogP contribution in [0.1, 0.15) is 30.4 Å². The molecule has 2 atom stereocenters. The summed E-state index contributed by atoms with van der Waals surface area (Å²) in [5.41, 5.74) is 12.5. The van der Waals surface area contributed by atoms with Gasteiger partial charge < -0.3 is 11.5 Å². The molecule has 0 unspecified atom stereocenters. The molecule has 1 heterocycles. The predicted molar refractivity (Wildman–Crippen MR) is 77.1 cm³/mol. The molecule has 1 aromatic carbocycles. The Labute approximate surface area is 118 Å². The number of fused-ring (bicyclic) bond motifs is 1. The molecule has 1 saturated heterocycles. The minimum atomic E-state index is -0.391. The quantitative estimate of drug-likeness (QED) is 0.559. The molecule has 5 N–H and O–H groups in total. The van der Waals surface area contributed by atoms with E-state index in [1.54, 1.807) is 0 Å². The number of nitrogens with two attached hydrogens (primary N) is 2. The summed E-state index contributed by atoms with van der Waals surface area (Å²) in [6.45, 7) is 1.66. The van der Waals surface area contributed by atoms with Crippen LogP contribution in [0.3, 0.4) is 0 Å². The van der Waals surface area contributed by atoms with Crippen LogP contribution >= 0.6 is 0 Å². The zero-order valence-corrected chi connectivity index (χ0v) is 11.4. The molecule has 0 spiro atoms. The van der Waals surface area contributed by atoms with Crippen molar-refractivity contribution in [3.8, 4) is 0 Å². The highest BCUT2D eigenvalue weighted by molar-refractivity contribution is 5.94. The number of hydrogen-bond donors (Lipinski definition) is 3. The lowest BCUT2D eigenvalue weighted by Crippen LogP contribution is -2.50. The van der Waals surface area contributed by atoms with Crippen LogP contribution in [0.25, 0.3) is 0 Å². The van der Waals surface area contributed by atoms with Gasteiger partial charge in [-0.3, -0.25) is 15.1 Å². The van der Waals surface area contributed by atoms with Crippen LogP contribution < -0.4 is 11.5 Å². The fourth-order valence-electron chi connectivity index (χ4n) is 3.46. The van der Waals surface area contributed by atoms with E-state index in [1.165, 1.54) is 0 Å². The number of amidine groups is 1. The first-order valence-corrected chi connectivity index (χ1v) is 7.02. The Morgan fingerprint density at radius 1 is 1.35 bits per heavy atom. The van der Waals surface area contributed by atoms with Crippen molar-refractivity contribution in [3.05, 3.63) is 35.4 Å². The molecular formula is C15H20N4O. The number of nitrogens with one attached hydrogen (secondary N) is 1. The molecule has 106 valence electrons. The van der Waals surface area contributed by atoms with E-state index in [9.17, 15) is 4.79 Å². The summed E-state index contributed by atoms with van der Waals surface area (Å²) in [4.78, 5) is 14.0. The molecule has 0 bridgehead atoms. The molecule has 0 aromatic heterocycles. The Bertz CT molecular complexity index is 553. The second-order valence-corrected chi connectivity index (χ2v) is 5.86. The topological polar surface area (TPSA) is 96.2 Å². The Morgan fingerprint density at radius 3 is 2.65 bits per heavy atom. The average Bonchev–Trinajstić information content (AvgIpc) is 3.16. The van der Waals surface area contributed by atoms with Gasteiger partial charge in [-0.15, -0.1) is 0 Å². The molecule has 0 radical (unpaired) electrons. The maximum Gasteiger partial charge on any atom is 0.238 e. The number of hydrogen-bond acceptors (Lipinski definition) is 3. The third-order valence-electron chi connectivity index (χ3n) is 4.68. The Morgan fingerprint density at radius 2 is 2.05 bits per heavy atom. The van der Waals surface area contributed by atoms with Crippen LogP contribution in [0.2, 0.25) is 0 Å². The number of amides is 1. The monoisotopic (exact) mass is 272 g/mol. The minimum Gasteiger partial charge on any atom is -0.384 e. The Hall–Kier alpha value is -1.88. The third kappa shape index (κ3) is 1.98. The van der Waals surface area contributed by atoms with Crippen molar-refractivity contribution in [1.82, 2.24) is 4.90 Å². The molecule has 2 fully saturated rings. The zero-order chi connectivity index (χ0) is 14.3. The Balaban J connectivity index is 1.76. The SMILES string of the molecule is N=C(N)c1ccc(CN2CCC[C@@H]3C[C@@]32C(N)=O)cc1. The van der Waals surface area contributed by atoms with E-state index in [0.29, 0.717) is 5.92 Å². The van der Waals surface area contributed by atoms with Gasteiger partial charge >= 0.3 is 0 Å².